The van der Waals surface area contributed by atoms with Crippen LogP contribution in [0.3, 0.4) is 0 Å². The number of carbonyl (C=O) groups excluding carboxylic acids is 1. The second-order valence-corrected chi connectivity index (χ2v) is 8.11. The Morgan fingerprint density at radius 3 is 2.09 bits per heavy atom. The van der Waals surface area contributed by atoms with Crippen molar-refractivity contribution in [2.24, 2.45) is 5.73 Å². The van der Waals surface area contributed by atoms with Gasteiger partial charge in [-0.15, -0.1) is 10.2 Å². The summed E-state index contributed by atoms with van der Waals surface area (Å²) in [6.07, 6.45) is 1.07. The van der Waals surface area contributed by atoms with Crippen LogP contribution in [0, 0.1) is 0 Å². The molecule has 0 bridgehead atoms. The van der Waals surface area contributed by atoms with Gasteiger partial charge in [0.25, 0.3) is 5.91 Å². The summed E-state index contributed by atoms with van der Waals surface area (Å²) in [4.78, 5) is 12.8. The molecule has 6 heteroatoms. The molecule has 0 fully saturated rings. The molecule has 2 atom stereocenters. The van der Waals surface area contributed by atoms with E-state index in [4.69, 9.17) is 10.2 Å². The molecule has 3 aromatic carbocycles. The number of hydrogen-bond acceptors (Lipinski definition) is 5. The SMILES string of the molecule is C[C@@](N)(Cc1ccccc1)c1nnc(C(Cc2ccccc2)NC(=O)c2ccccc2)o1. The van der Waals surface area contributed by atoms with Gasteiger partial charge in [-0.1, -0.05) is 78.9 Å². The van der Waals surface area contributed by atoms with Crippen molar-refractivity contribution in [1.29, 1.82) is 0 Å². The van der Waals surface area contributed by atoms with Gasteiger partial charge in [-0.2, -0.15) is 0 Å². The van der Waals surface area contributed by atoms with E-state index >= 15 is 0 Å². The fourth-order valence-electron chi connectivity index (χ4n) is 3.58. The summed E-state index contributed by atoms with van der Waals surface area (Å²) in [5, 5.41) is 11.5. The number of hydrogen-bond donors (Lipinski definition) is 2. The molecule has 1 heterocycles. The van der Waals surface area contributed by atoms with E-state index in [-0.39, 0.29) is 5.91 Å². The second-order valence-electron chi connectivity index (χ2n) is 8.11. The Morgan fingerprint density at radius 2 is 1.47 bits per heavy atom. The first kappa shape index (κ1) is 21.5. The Labute approximate surface area is 187 Å². The fourth-order valence-corrected chi connectivity index (χ4v) is 3.58. The Kier molecular flexibility index (Phi) is 6.42. The average Bonchev–Trinajstić information content (AvgIpc) is 3.32. The molecule has 0 aliphatic heterocycles. The first-order valence-corrected chi connectivity index (χ1v) is 10.6. The van der Waals surface area contributed by atoms with E-state index in [1.165, 1.54) is 0 Å². The van der Waals surface area contributed by atoms with E-state index in [0.717, 1.165) is 11.1 Å². The number of nitrogens with two attached hydrogens (primary N) is 1. The van der Waals surface area contributed by atoms with Crippen molar-refractivity contribution < 1.29 is 9.21 Å². The molecule has 1 aromatic heterocycles. The Balaban J connectivity index is 1.58. The van der Waals surface area contributed by atoms with Crippen molar-refractivity contribution in [1.82, 2.24) is 15.5 Å². The Hall–Kier alpha value is -3.77. The number of aromatic nitrogens is 2. The third kappa shape index (κ3) is 5.28. The van der Waals surface area contributed by atoms with Gasteiger partial charge < -0.3 is 15.5 Å². The predicted molar refractivity (Wildman–Crippen MR) is 123 cm³/mol. The second kappa shape index (κ2) is 9.58. The van der Waals surface area contributed by atoms with Crippen LogP contribution < -0.4 is 11.1 Å². The van der Waals surface area contributed by atoms with Gasteiger partial charge in [0, 0.05) is 12.0 Å². The van der Waals surface area contributed by atoms with E-state index in [2.05, 4.69) is 15.5 Å². The molecule has 0 radical (unpaired) electrons. The highest BCUT2D eigenvalue weighted by atomic mass is 16.4. The summed E-state index contributed by atoms with van der Waals surface area (Å²) >= 11 is 0. The molecule has 162 valence electrons. The van der Waals surface area contributed by atoms with Crippen LogP contribution in [-0.2, 0) is 18.4 Å². The average molecular weight is 427 g/mol. The molecule has 6 nitrogen and oxygen atoms in total. The first-order chi connectivity index (χ1) is 15.5. The molecule has 1 amide bonds. The van der Waals surface area contributed by atoms with Crippen molar-refractivity contribution in [3.63, 3.8) is 0 Å². The molecule has 0 aliphatic rings. The number of amides is 1. The van der Waals surface area contributed by atoms with Gasteiger partial charge in [-0.25, -0.2) is 0 Å². The number of rotatable bonds is 8. The summed E-state index contributed by atoms with van der Waals surface area (Å²) in [6, 6.07) is 28.4. The summed E-state index contributed by atoms with van der Waals surface area (Å²) < 4.78 is 6.03. The number of benzene rings is 3. The lowest BCUT2D eigenvalue weighted by Crippen LogP contribution is -2.36. The lowest BCUT2D eigenvalue weighted by atomic mass is 9.94. The van der Waals surface area contributed by atoms with Crippen molar-refractivity contribution in [2.75, 3.05) is 0 Å². The van der Waals surface area contributed by atoms with Gasteiger partial charge in [0.05, 0.1) is 5.54 Å². The predicted octanol–water partition coefficient (Wildman–Crippen LogP) is 4.20. The highest BCUT2D eigenvalue weighted by molar-refractivity contribution is 5.94. The van der Waals surface area contributed by atoms with Crippen LogP contribution >= 0.6 is 0 Å². The van der Waals surface area contributed by atoms with E-state index in [1.807, 2.05) is 85.8 Å². The maximum Gasteiger partial charge on any atom is 0.251 e. The lowest BCUT2D eigenvalue weighted by molar-refractivity contribution is 0.0929. The summed E-state index contributed by atoms with van der Waals surface area (Å²) in [5.41, 5.74) is 8.40. The quantitative estimate of drug-likeness (QED) is 0.440. The number of carbonyl (C=O) groups is 1. The monoisotopic (exact) mass is 426 g/mol. The molecule has 32 heavy (non-hydrogen) atoms. The van der Waals surface area contributed by atoms with Gasteiger partial charge in [0.1, 0.15) is 6.04 Å². The van der Waals surface area contributed by atoms with Crippen LogP contribution in [-0.4, -0.2) is 16.1 Å². The summed E-state index contributed by atoms with van der Waals surface area (Å²) in [7, 11) is 0. The number of nitrogens with one attached hydrogen (secondary N) is 1. The zero-order valence-corrected chi connectivity index (χ0v) is 17.9. The van der Waals surface area contributed by atoms with E-state index in [9.17, 15) is 4.79 Å². The molecule has 0 spiro atoms. The fraction of sp³-hybridized carbons (Fsp3) is 0.192. The Morgan fingerprint density at radius 1 is 0.906 bits per heavy atom. The minimum absolute atomic E-state index is 0.203. The van der Waals surface area contributed by atoms with Crippen molar-refractivity contribution in [2.45, 2.75) is 31.3 Å². The first-order valence-electron chi connectivity index (χ1n) is 10.6. The highest BCUT2D eigenvalue weighted by Crippen LogP contribution is 2.25. The Bertz CT molecular complexity index is 1140. The van der Waals surface area contributed by atoms with Gasteiger partial charge in [-0.3, -0.25) is 4.79 Å². The van der Waals surface area contributed by atoms with Crippen molar-refractivity contribution in [3.8, 4) is 0 Å². The molecule has 0 aliphatic carbocycles. The standard InChI is InChI=1S/C26H26N4O2/c1-26(27,18-20-13-7-3-8-14-20)25-30-29-24(32-25)22(17-19-11-5-2-6-12-19)28-23(31)21-15-9-4-10-16-21/h2-16,22H,17-18,27H2,1H3,(H,28,31)/t22?,26-/m1/s1. The minimum Gasteiger partial charge on any atom is -0.421 e. The molecule has 0 saturated heterocycles. The maximum absolute atomic E-state index is 12.8. The molecule has 4 aromatic rings. The van der Waals surface area contributed by atoms with Crippen LogP contribution in [0.1, 0.15) is 46.2 Å². The molecular formula is C26H26N4O2. The van der Waals surface area contributed by atoms with E-state index in [1.54, 1.807) is 12.1 Å². The van der Waals surface area contributed by atoms with Crippen LogP contribution in [0.25, 0.3) is 0 Å². The third-order valence-corrected chi connectivity index (χ3v) is 5.27. The van der Waals surface area contributed by atoms with Crippen LogP contribution in [0.5, 0.6) is 0 Å². The van der Waals surface area contributed by atoms with Gasteiger partial charge in [-0.05, 0) is 36.6 Å². The van der Waals surface area contributed by atoms with Gasteiger partial charge in [0.15, 0.2) is 0 Å². The maximum atomic E-state index is 12.8. The van der Waals surface area contributed by atoms with Gasteiger partial charge >= 0.3 is 0 Å². The third-order valence-electron chi connectivity index (χ3n) is 5.27. The van der Waals surface area contributed by atoms with E-state index < -0.39 is 11.6 Å². The zero-order chi connectivity index (χ0) is 22.4. The summed E-state index contributed by atoms with van der Waals surface area (Å²) in [5.74, 6) is 0.465. The molecule has 4 rings (SSSR count). The topological polar surface area (TPSA) is 94.0 Å². The van der Waals surface area contributed by atoms with Crippen LogP contribution in [0.4, 0.5) is 0 Å². The van der Waals surface area contributed by atoms with E-state index in [0.29, 0.717) is 30.2 Å². The minimum atomic E-state index is -0.840. The largest absolute Gasteiger partial charge is 0.421 e. The van der Waals surface area contributed by atoms with Crippen molar-refractivity contribution in [3.05, 3.63) is 119 Å². The number of nitrogens with zero attached hydrogens (tertiary/aromatic N) is 2. The lowest BCUT2D eigenvalue weighted by Gasteiger charge is -2.20. The van der Waals surface area contributed by atoms with Crippen LogP contribution in [0.2, 0.25) is 0 Å². The molecule has 3 N–H and O–H groups in total. The highest BCUT2D eigenvalue weighted by Gasteiger charge is 2.31. The van der Waals surface area contributed by atoms with Crippen LogP contribution in [0.15, 0.2) is 95.4 Å². The summed E-state index contributed by atoms with van der Waals surface area (Å²) in [6.45, 7) is 1.87. The molecular weight excluding hydrogens is 400 g/mol. The molecule has 1 unspecified atom stereocenters. The normalized spacial score (nSPS) is 13.8. The zero-order valence-electron chi connectivity index (χ0n) is 17.9. The van der Waals surface area contributed by atoms with Crippen molar-refractivity contribution >= 4 is 5.91 Å². The molecule has 0 saturated carbocycles. The van der Waals surface area contributed by atoms with Gasteiger partial charge in [0.2, 0.25) is 11.8 Å². The smallest absolute Gasteiger partial charge is 0.251 e.